The topological polar surface area (TPSA) is 41.1 Å². The van der Waals surface area contributed by atoms with Crippen LogP contribution in [0, 0.1) is 23.2 Å². The van der Waals surface area contributed by atoms with Crippen LogP contribution in [0.1, 0.15) is 33.6 Å². The van der Waals surface area contributed by atoms with Crippen LogP contribution in [0.15, 0.2) is 24.3 Å². The molecule has 0 radical (unpaired) electrons. The first-order chi connectivity index (χ1) is 10.4. The van der Waals surface area contributed by atoms with E-state index >= 15 is 0 Å². The molecule has 3 aliphatic rings. The molecular weight excluding hydrogens is 296 g/mol. The summed E-state index contributed by atoms with van der Waals surface area (Å²) in [6.07, 6.45) is 2.45. The summed E-state index contributed by atoms with van der Waals surface area (Å²) in [6.45, 7) is 7.30. The SMILES string of the molecule is C[C@@H]1[C@H]2C[C@@H](C[C@H]1NC(=O)CNc1ccccc1Cl)C2(C)C. The number of carbonyl (C=O) groups excluding carboxylic acids is 1. The third kappa shape index (κ3) is 2.71. The molecule has 0 saturated heterocycles. The monoisotopic (exact) mass is 320 g/mol. The molecule has 4 rings (SSSR count). The van der Waals surface area contributed by atoms with Gasteiger partial charge in [-0.3, -0.25) is 4.79 Å². The Morgan fingerprint density at radius 1 is 1.32 bits per heavy atom. The van der Waals surface area contributed by atoms with E-state index in [2.05, 4.69) is 31.4 Å². The normalized spacial score (nSPS) is 32.0. The van der Waals surface area contributed by atoms with E-state index < -0.39 is 0 Å². The van der Waals surface area contributed by atoms with Crippen LogP contribution in [0.5, 0.6) is 0 Å². The molecule has 120 valence electrons. The Balaban J connectivity index is 1.52. The van der Waals surface area contributed by atoms with Crippen molar-refractivity contribution in [3.63, 3.8) is 0 Å². The summed E-state index contributed by atoms with van der Waals surface area (Å²) in [5.41, 5.74) is 1.26. The number of amides is 1. The molecule has 1 aromatic carbocycles. The molecule has 3 fully saturated rings. The maximum Gasteiger partial charge on any atom is 0.239 e. The molecule has 1 aromatic rings. The summed E-state index contributed by atoms with van der Waals surface area (Å²) in [5.74, 6) is 2.11. The highest BCUT2D eigenvalue weighted by Crippen LogP contribution is 2.61. The molecular formula is C18H25ClN2O. The number of hydrogen-bond acceptors (Lipinski definition) is 2. The molecule has 3 aliphatic carbocycles. The van der Waals surface area contributed by atoms with Crippen molar-refractivity contribution in [3.8, 4) is 0 Å². The van der Waals surface area contributed by atoms with E-state index in [0.717, 1.165) is 23.9 Å². The van der Waals surface area contributed by atoms with Crippen LogP contribution >= 0.6 is 11.6 Å². The predicted molar refractivity (Wildman–Crippen MR) is 91.0 cm³/mol. The van der Waals surface area contributed by atoms with Gasteiger partial charge in [0, 0.05) is 6.04 Å². The van der Waals surface area contributed by atoms with Gasteiger partial charge in [0.15, 0.2) is 0 Å². The Labute approximate surface area is 137 Å². The Morgan fingerprint density at radius 2 is 2.05 bits per heavy atom. The minimum absolute atomic E-state index is 0.0517. The summed E-state index contributed by atoms with van der Waals surface area (Å²) in [7, 11) is 0. The van der Waals surface area contributed by atoms with E-state index in [0.29, 0.717) is 22.4 Å². The molecule has 4 atom stereocenters. The summed E-state index contributed by atoms with van der Waals surface area (Å²) in [4.78, 5) is 12.2. The van der Waals surface area contributed by atoms with E-state index in [-0.39, 0.29) is 12.5 Å². The largest absolute Gasteiger partial charge is 0.375 e. The van der Waals surface area contributed by atoms with Crippen LogP contribution in [0.2, 0.25) is 5.02 Å². The second kappa shape index (κ2) is 5.77. The number of para-hydroxylation sites is 1. The average Bonchev–Trinajstić information content (AvgIpc) is 2.48. The molecule has 0 aromatic heterocycles. The van der Waals surface area contributed by atoms with E-state index in [4.69, 9.17) is 11.6 Å². The zero-order chi connectivity index (χ0) is 15.9. The number of benzene rings is 1. The number of halogens is 1. The summed E-state index contributed by atoms with van der Waals surface area (Å²) >= 11 is 6.08. The zero-order valence-electron chi connectivity index (χ0n) is 13.5. The quantitative estimate of drug-likeness (QED) is 0.882. The molecule has 0 aliphatic heterocycles. The van der Waals surface area contributed by atoms with Gasteiger partial charge >= 0.3 is 0 Å². The zero-order valence-corrected chi connectivity index (χ0v) is 14.3. The second-order valence-electron chi connectivity index (χ2n) is 7.46. The number of nitrogens with one attached hydrogen (secondary N) is 2. The first-order valence-electron chi connectivity index (χ1n) is 8.17. The molecule has 0 heterocycles. The van der Waals surface area contributed by atoms with Crippen molar-refractivity contribution < 1.29 is 4.79 Å². The molecule has 3 saturated carbocycles. The molecule has 0 spiro atoms. The highest BCUT2D eigenvalue weighted by Gasteiger charge is 2.56. The number of anilines is 1. The highest BCUT2D eigenvalue weighted by atomic mass is 35.5. The van der Waals surface area contributed by atoms with Crippen molar-refractivity contribution >= 4 is 23.2 Å². The van der Waals surface area contributed by atoms with Gasteiger partial charge in [-0.1, -0.05) is 44.5 Å². The fourth-order valence-corrected chi connectivity index (χ4v) is 4.58. The molecule has 3 nitrogen and oxygen atoms in total. The third-order valence-corrected chi connectivity index (χ3v) is 6.34. The second-order valence-corrected chi connectivity index (χ2v) is 7.87. The van der Waals surface area contributed by atoms with Gasteiger partial charge < -0.3 is 10.6 Å². The Kier molecular flexibility index (Phi) is 4.11. The number of hydrogen-bond donors (Lipinski definition) is 2. The molecule has 0 unspecified atom stereocenters. The Hall–Kier alpha value is -1.22. The molecule has 22 heavy (non-hydrogen) atoms. The lowest BCUT2D eigenvalue weighted by molar-refractivity contribution is -0.132. The van der Waals surface area contributed by atoms with Crippen molar-refractivity contribution in [1.82, 2.24) is 5.32 Å². The number of fused-ring (bicyclic) bond motifs is 2. The van der Waals surface area contributed by atoms with E-state index in [1.165, 1.54) is 6.42 Å². The number of carbonyl (C=O) groups is 1. The minimum atomic E-state index is 0.0517. The van der Waals surface area contributed by atoms with Gasteiger partial charge in [-0.05, 0) is 48.1 Å². The standard InChI is InChI=1S/C18H25ClN2O/c1-11-13-8-12(18(13,2)3)9-16(11)21-17(22)10-20-15-7-5-4-6-14(15)19/h4-7,11-13,16,20H,8-10H2,1-3H3,(H,21,22)/t11-,12+,13-,16-/m1/s1. The smallest absolute Gasteiger partial charge is 0.239 e. The van der Waals surface area contributed by atoms with Gasteiger partial charge in [-0.25, -0.2) is 0 Å². The Morgan fingerprint density at radius 3 is 2.68 bits per heavy atom. The maximum absolute atomic E-state index is 12.2. The molecule has 2 N–H and O–H groups in total. The van der Waals surface area contributed by atoms with Gasteiger partial charge in [-0.2, -0.15) is 0 Å². The summed E-state index contributed by atoms with van der Waals surface area (Å²) in [6, 6.07) is 7.81. The van der Waals surface area contributed by atoms with Crippen LogP contribution in [0.25, 0.3) is 0 Å². The van der Waals surface area contributed by atoms with Crippen molar-refractivity contribution in [3.05, 3.63) is 29.3 Å². The van der Waals surface area contributed by atoms with Crippen molar-refractivity contribution in [2.24, 2.45) is 23.2 Å². The fourth-order valence-electron chi connectivity index (χ4n) is 4.38. The van der Waals surface area contributed by atoms with Crippen molar-refractivity contribution in [2.75, 3.05) is 11.9 Å². The van der Waals surface area contributed by atoms with Crippen LogP contribution in [0.4, 0.5) is 5.69 Å². The minimum Gasteiger partial charge on any atom is -0.375 e. The van der Waals surface area contributed by atoms with Gasteiger partial charge in [0.2, 0.25) is 5.91 Å². The average molecular weight is 321 g/mol. The fraction of sp³-hybridized carbons (Fsp3) is 0.611. The van der Waals surface area contributed by atoms with Crippen molar-refractivity contribution in [1.29, 1.82) is 0 Å². The Bertz CT molecular complexity index is 572. The van der Waals surface area contributed by atoms with Gasteiger partial charge in [0.05, 0.1) is 17.3 Å². The number of rotatable bonds is 4. The predicted octanol–water partition coefficient (Wildman–Crippen LogP) is 3.94. The van der Waals surface area contributed by atoms with Gasteiger partial charge in [-0.15, -0.1) is 0 Å². The van der Waals surface area contributed by atoms with E-state index in [1.807, 2.05) is 24.3 Å². The summed E-state index contributed by atoms with van der Waals surface area (Å²) in [5, 5.41) is 6.97. The highest BCUT2D eigenvalue weighted by molar-refractivity contribution is 6.33. The van der Waals surface area contributed by atoms with Crippen LogP contribution < -0.4 is 10.6 Å². The first kappa shape index (κ1) is 15.7. The molecule has 1 amide bonds. The van der Waals surface area contributed by atoms with Gasteiger partial charge in [0.1, 0.15) is 0 Å². The van der Waals surface area contributed by atoms with E-state index in [1.54, 1.807) is 0 Å². The lowest BCUT2D eigenvalue weighted by Crippen LogP contribution is -2.61. The summed E-state index contributed by atoms with van der Waals surface area (Å²) < 4.78 is 0. The van der Waals surface area contributed by atoms with Gasteiger partial charge in [0.25, 0.3) is 0 Å². The maximum atomic E-state index is 12.2. The van der Waals surface area contributed by atoms with Crippen LogP contribution in [0.3, 0.4) is 0 Å². The molecule has 2 bridgehead atoms. The molecule has 4 heteroatoms. The van der Waals surface area contributed by atoms with E-state index in [9.17, 15) is 4.79 Å². The first-order valence-corrected chi connectivity index (χ1v) is 8.55. The van der Waals surface area contributed by atoms with Crippen LogP contribution in [-0.2, 0) is 4.79 Å². The lowest BCUT2D eigenvalue weighted by Gasteiger charge is -2.62. The lowest BCUT2D eigenvalue weighted by atomic mass is 9.45. The third-order valence-electron chi connectivity index (χ3n) is 6.01. The van der Waals surface area contributed by atoms with Crippen molar-refractivity contribution in [2.45, 2.75) is 39.7 Å². The van der Waals surface area contributed by atoms with Crippen LogP contribution in [-0.4, -0.2) is 18.5 Å².